The number of aryl methyl sites for hydroxylation is 1. The fraction of sp³-hybridized carbons (Fsp3) is 0.278. The van der Waals surface area contributed by atoms with Crippen LogP contribution < -0.4 is 5.32 Å². The van der Waals surface area contributed by atoms with Crippen molar-refractivity contribution >= 4 is 11.5 Å². The van der Waals surface area contributed by atoms with E-state index >= 15 is 0 Å². The quantitative estimate of drug-likeness (QED) is 0.915. The van der Waals surface area contributed by atoms with Crippen molar-refractivity contribution in [2.75, 3.05) is 11.9 Å². The van der Waals surface area contributed by atoms with Crippen LogP contribution >= 0.6 is 0 Å². The topological polar surface area (TPSA) is 29.1 Å². The zero-order valence-electron chi connectivity index (χ0n) is 11.7. The van der Waals surface area contributed by atoms with Crippen LogP contribution in [0.15, 0.2) is 48.5 Å². The van der Waals surface area contributed by atoms with Gasteiger partial charge in [0, 0.05) is 18.7 Å². The highest BCUT2D eigenvalue weighted by atomic mass is 16.1. The van der Waals surface area contributed by atoms with E-state index in [9.17, 15) is 4.79 Å². The van der Waals surface area contributed by atoms with E-state index in [-0.39, 0.29) is 5.92 Å². The first-order valence-electron chi connectivity index (χ1n) is 7.21. The predicted molar refractivity (Wildman–Crippen MR) is 82.2 cm³/mol. The van der Waals surface area contributed by atoms with Crippen LogP contribution in [0.3, 0.4) is 0 Å². The maximum atomic E-state index is 12.5. The van der Waals surface area contributed by atoms with Gasteiger partial charge in [0.15, 0.2) is 0 Å². The SMILES string of the molecule is CCc1ccc(CC(=O)C2CNc3ccccc32)cc1. The lowest BCUT2D eigenvalue weighted by Crippen LogP contribution is -2.16. The van der Waals surface area contributed by atoms with Crippen molar-refractivity contribution in [2.24, 2.45) is 0 Å². The molecule has 2 aromatic rings. The van der Waals surface area contributed by atoms with Gasteiger partial charge in [-0.05, 0) is 29.2 Å². The van der Waals surface area contributed by atoms with Crippen LogP contribution in [0.2, 0.25) is 0 Å². The molecule has 1 aliphatic rings. The van der Waals surface area contributed by atoms with Crippen LogP contribution in [0.5, 0.6) is 0 Å². The second-order valence-corrected chi connectivity index (χ2v) is 5.33. The minimum atomic E-state index is -0.00273. The molecule has 2 nitrogen and oxygen atoms in total. The Labute approximate surface area is 119 Å². The fourth-order valence-corrected chi connectivity index (χ4v) is 2.79. The number of anilines is 1. The normalized spacial score (nSPS) is 16.6. The summed E-state index contributed by atoms with van der Waals surface area (Å²) in [6.07, 6.45) is 1.55. The number of fused-ring (bicyclic) bond motifs is 1. The van der Waals surface area contributed by atoms with Gasteiger partial charge in [0.25, 0.3) is 0 Å². The number of Topliss-reactive ketones (excluding diaryl/α,β-unsaturated/α-hetero) is 1. The molecule has 102 valence electrons. The van der Waals surface area contributed by atoms with Gasteiger partial charge in [0.1, 0.15) is 5.78 Å². The monoisotopic (exact) mass is 265 g/mol. The third-order valence-corrected chi connectivity index (χ3v) is 4.03. The van der Waals surface area contributed by atoms with Crippen molar-refractivity contribution in [1.82, 2.24) is 0 Å². The largest absolute Gasteiger partial charge is 0.384 e. The number of para-hydroxylation sites is 1. The summed E-state index contributed by atoms with van der Waals surface area (Å²) in [5.41, 5.74) is 4.67. The third kappa shape index (κ3) is 2.46. The molecule has 0 spiro atoms. The molecule has 0 amide bonds. The summed E-state index contributed by atoms with van der Waals surface area (Å²) in [6.45, 7) is 2.87. The van der Waals surface area contributed by atoms with E-state index in [1.807, 2.05) is 18.2 Å². The first-order chi connectivity index (χ1) is 9.78. The maximum absolute atomic E-state index is 12.5. The van der Waals surface area contributed by atoms with E-state index in [0.717, 1.165) is 29.8 Å². The molecule has 1 unspecified atom stereocenters. The second kappa shape index (κ2) is 5.49. The van der Waals surface area contributed by atoms with E-state index < -0.39 is 0 Å². The van der Waals surface area contributed by atoms with Crippen LogP contribution in [0.1, 0.15) is 29.5 Å². The number of carbonyl (C=O) groups is 1. The third-order valence-electron chi connectivity index (χ3n) is 4.03. The molecule has 0 aliphatic carbocycles. The van der Waals surface area contributed by atoms with Crippen molar-refractivity contribution in [3.63, 3.8) is 0 Å². The minimum absolute atomic E-state index is 0.00273. The van der Waals surface area contributed by atoms with E-state index in [1.165, 1.54) is 5.56 Å². The number of nitrogens with one attached hydrogen (secondary N) is 1. The molecule has 0 bridgehead atoms. The van der Waals surface area contributed by atoms with Crippen molar-refractivity contribution in [3.05, 3.63) is 65.2 Å². The summed E-state index contributed by atoms with van der Waals surface area (Å²) in [6, 6.07) is 16.5. The Kier molecular flexibility index (Phi) is 3.55. The van der Waals surface area contributed by atoms with E-state index in [0.29, 0.717) is 12.2 Å². The summed E-state index contributed by atoms with van der Waals surface area (Å²) >= 11 is 0. The van der Waals surface area contributed by atoms with Gasteiger partial charge in [-0.1, -0.05) is 49.4 Å². The van der Waals surface area contributed by atoms with Crippen molar-refractivity contribution in [2.45, 2.75) is 25.7 Å². The number of benzene rings is 2. The zero-order chi connectivity index (χ0) is 13.9. The number of carbonyl (C=O) groups excluding carboxylic acids is 1. The van der Waals surface area contributed by atoms with Gasteiger partial charge in [0.2, 0.25) is 0 Å². The van der Waals surface area contributed by atoms with Gasteiger partial charge >= 0.3 is 0 Å². The molecule has 0 fully saturated rings. The summed E-state index contributed by atoms with van der Waals surface area (Å²) < 4.78 is 0. The lowest BCUT2D eigenvalue weighted by molar-refractivity contribution is -0.119. The van der Waals surface area contributed by atoms with Gasteiger partial charge in [-0.3, -0.25) is 4.79 Å². The van der Waals surface area contributed by atoms with Crippen molar-refractivity contribution in [3.8, 4) is 0 Å². The average molecular weight is 265 g/mol. The summed E-state index contributed by atoms with van der Waals surface area (Å²) in [5, 5.41) is 3.31. The second-order valence-electron chi connectivity index (χ2n) is 5.33. The van der Waals surface area contributed by atoms with Crippen LogP contribution in [0, 0.1) is 0 Å². The van der Waals surface area contributed by atoms with Crippen LogP contribution in [-0.4, -0.2) is 12.3 Å². The number of ketones is 1. The average Bonchev–Trinajstić information content (AvgIpc) is 2.92. The molecule has 0 saturated carbocycles. The molecular formula is C18H19NO. The Balaban J connectivity index is 1.74. The van der Waals surface area contributed by atoms with Gasteiger partial charge in [-0.2, -0.15) is 0 Å². The molecule has 0 aromatic heterocycles. The molecular weight excluding hydrogens is 246 g/mol. The van der Waals surface area contributed by atoms with E-state index in [4.69, 9.17) is 0 Å². The van der Waals surface area contributed by atoms with Crippen molar-refractivity contribution < 1.29 is 4.79 Å². The molecule has 2 heteroatoms. The summed E-state index contributed by atoms with van der Waals surface area (Å²) in [5.74, 6) is 0.295. The number of rotatable bonds is 4. The Morgan fingerprint density at radius 2 is 1.80 bits per heavy atom. The highest BCUT2D eigenvalue weighted by Crippen LogP contribution is 2.32. The van der Waals surface area contributed by atoms with Crippen molar-refractivity contribution in [1.29, 1.82) is 0 Å². The van der Waals surface area contributed by atoms with E-state index in [2.05, 4.69) is 42.6 Å². The Morgan fingerprint density at radius 3 is 2.55 bits per heavy atom. The molecule has 2 aromatic carbocycles. The molecule has 20 heavy (non-hydrogen) atoms. The van der Waals surface area contributed by atoms with Crippen LogP contribution in [0.4, 0.5) is 5.69 Å². The smallest absolute Gasteiger partial charge is 0.146 e. The minimum Gasteiger partial charge on any atom is -0.384 e. The molecule has 1 N–H and O–H groups in total. The molecule has 0 radical (unpaired) electrons. The Bertz CT molecular complexity index is 616. The van der Waals surface area contributed by atoms with E-state index in [1.54, 1.807) is 0 Å². The molecule has 1 aliphatic heterocycles. The molecule has 3 rings (SSSR count). The first kappa shape index (κ1) is 12.9. The van der Waals surface area contributed by atoms with Gasteiger partial charge in [-0.15, -0.1) is 0 Å². The van der Waals surface area contributed by atoms with Crippen LogP contribution in [-0.2, 0) is 17.6 Å². The highest BCUT2D eigenvalue weighted by Gasteiger charge is 2.27. The fourth-order valence-electron chi connectivity index (χ4n) is 2.79. The Hall–Kier alpha value is -2.09. The number of hydrogen-bond acceptors (Lipinski definition) is 2. The van der Waals surface area contributed by atoms with Crippen LogP contribution in [0.25, 0.3) is 0 Å². The maximum Gasteiger partial charge on any atom is 0.146 e. The van der Waals surface area contributed by atoms with Gasteiger partial charge in [0.05, 0.1) is 5.92 Å². The van der Waals surface area contributed by atoms with Gasteiger partial charge < -0.3 is 5.32 Å². The molecule has 1 heterocycles. The predicted octanol–water partition coefficient (Wildman–Crippen LogP) is 3.57. The molecule has 0 saturated heterocycles. The Morgan fingerprint density at radius 1 is 1.10 bits per heavy atom. The summed E-state index contributed by atoms with van der Waals surface area (Å²) in [7, 11) is 0. The summed E-state index contributed by atoms with van der Waals surface area (Å²) in [4.78, 5) is 12.5. The van der Waals surface area contributed by atoms with Gasteiger partial charge in [-0.25, -0.2) is 0 Å². The zero-order valence-corrected chi connectivity index (χ0v) is 11.7. The molecule has 1 atom stereocenters. The standard InChI is InChI=1S/C18H19NO/c1-2-13-7-9-14(10-8-13)11-18(20)16-12-19-17-6-4-3-5-15(16)17/h3-10,16,19H,2,11-12H2,1H3. The lowest BCUT2D eigenvalue weighted by atomic mass is 9.92. The number of hydrogen-bond donors (Lipinski definition) is 1. The lowest BCUT2D eigenvalue weighted by Gasteiger charge is -2.09. The highest BCUT2D eigenvalue weighted by molar-refractivity contribution is 5.91. The first-order valence-corrected chi connectivity index (χ1v) is 7.21.